The van der Waals surface area contributed by atoms with Crippen LogP contribution in [0.5, 0.6) is 5.88 Å². The summed E-state index contributed by atoms with van der Waals surface area (Å²) in [5.74, 6) is 0.529. The van der Waals surface area contributed by atoms with E-state index < -0.39 is 0 Å². The minimum absolute atomic E-state index is 0.114. The van der Waals surface area contributed by atoms with E-state index in [2.05, 4.69) is 10.3 Å². The molecule has 0 spiro atoms. The van der Waals surface area contributed by atoms with Crippen LogP contribution in [0.4, 0.5) is 10.5 Å². The molecular formula is C11H17N3O2. The van der Waals surface area contributed by atoms with Crippen LogP contribution in [-0.4, -0.2) is 36.1 Å². The maximum Gasteiger partial charge on any atom is 0.321 e. The number of amides is 2. The average Bonchev–Trinajstić information content (AvgIpc) is 2.31. The molecule has 0 saturated heterocycles. The fourth-order valence-corrected chi connectivity index (χ4v) is 1.29. The van der Waals surface area contributed by atoms with E-state index >= 15 is 0 Å². The predicted octanol–water partition coefficient (Wildman–Crippen LogP) is 1.96. The molecule has 0 aliphatic rings. The van der Waals surface area contributed by atoms with Crippen molar-refractivity contribution in [3.05, 3.63) is 18.3 Å². The normalized spacial score (nSPS) is 9.69. The van der Waals surface area contributed by atoms with Crippen molar-refractivity contribution in [3.8, 4) is 5.88 Å². The maximum absolute atomic E-state index is 11.7. The lowest BCUT2D eigenvalue weighted by atomic mass is 10.4. The summed E-state index contributed by atoms with van der Waals surface area (Å²) in [6.45, 7) is 5.25. The molecule has 16 heavy (non-hydrogen) atoms. The molecule has 0 saturated carbocycles. The minimum Gasteiger partial charge on any atom is -0.481 e. The summed E-state index contributed by atoms with van der Waals surface area (Å²) in [6, 6.07) is 3.35. The quantitative estimate of drug-likeness (QED) is 0.849. The molecule has 0 aliphatic carbocycles. The Balaban J connectivity index is 2.62. The van der Waals surface area contributed by atoms with Gasteiger partial charge < -0.3 is 15.0 Å². The molecule has 1 N–H and O–H groups in total. The molecule has 5 heteroatoms. The summed E-state index contributed by atoms with van der Waals surface area (Å²) in [5, 5.41) is 2.76. The monoisotopic (exact) mass is 223 g/mol. The van der Waals surface area contributed by atoms with Gasteiger partial charge in [-0.1, -0.05) is 0 Å². The molecule has 2 amide bonds. The molecule has 1 aromatic heterocycles. The first-order valence-electron chi connectivity index (χ1n) is 5.27. The van der Waals surface area contributed by atoms with Crippen LogP contribution in [0.1, 0.15) is 13.8 Å². The highest BCUT2D eigenvalue weighted by Gasteiger charge is 2.09. The summed E-state index contributed by atoms with van der Waals surface area (Å²) in [5.41, 5.74) is 0.665. The topological polar surface area (TPSA) is 54.5 Å². The van der Waals surface area contributed by atoms with Crippen LogP contribution in [0.15, 0.2) is 18.3 Å². The van der Waals surface area contributed by atoms with E-state index in [-0.39, 0.29) is 6.03 Å². The Morgan fingerprint density at radius 3 is 2.56 bits per heavy atom. The third kappa shape index (κ3) is 3.12. The number of hydrogen-bond donors (Lipinski definition) is 1. The van der Waals surface area contributed by atoms with Crippen LogP contribution in [0.25, 0.3) is 0 Å². The van der Waals surface area contributed by atoms with Crippen molar-refractivity contribution in [3.63, 3.8) is 0 Å². The van der Waals surface area contributed by atoms with Gasteiger partial charge >= 0.3 is 6.03 Å². The summed E-state index contributed by atoms with van der Waals surface area (Å²) in [7, 11) is 1.55. The first-order valence-corrected chi connectivity index (χ1v) is 5.27. The number of hydrogen-bond acceptors (Lipinski definition) is 3. The Hall–Kier alpha value is -1.78. The van der Waals surface area contributed by atoms with Crippen molar-refractivity contribution in [2.75, 3.05) is 25.5 Å². The zero-order valence-corrected chi connectivity index (χ0v) is 9.86. The van der Waals surface area contributed by atoms with Crippen LogP contribution in [0, 0.1) is 0 Å². The van der Waals surface area contributed by atoms with Crippen molar-refractivity contribution in [1.29, 1.82) is 0 Å². The summed E-state index contributed by atoms with van der Waals surface area (Å²) >= 11 is 0. The molecule has 0 atom stereocenters. The van der Waals surface area contributed by atoms with Crippen molar-refractivity contribution in [2.45, 2.75) is 13.8 Å². The number of carbonyl (C=O) groups excluding carboxylic acids is 1. The minimum atomic E-state index is -0.114. The molecule has 0 fully saturated rings. The lowest BCUT2D eigenvalue weighted by Crippen LogP contribution is -2.34. The number of ether oxygens (including phenoxy) is 1. The number of nitrogens with zero attached hydrogens (tertiary/aromatic N) is 2. The standard InChI is InChI=1S/C11H17N3O2/c1-4-14(5-2)11(15)13-9-6-7-10(16-3)12-8-9/h6-8H,4-5H2,1-3H3,(H,13,15). The molecule has 0 unspecified atom stereocenters. The fourth-order valence-electron chi connectivity index (χ4n) is 1.29. The Kier molecular flexibility index (Phi) is 4.57. The fraction of sp³-hybridized carbons (Fsp3) is 0.455. The molecule has 88 valence electrons. The number of carbonyl (C=O) groups is 1. The van der Waals surface area contributed by atoms with Crippen LogP contribution < -0.4 is 10.1 Å². The molecule has 0 bridgehead atoms. The molecule has 0 aromatic carbocycles. The number of pyridine rings is 1. The van der Waals surface area contributed by atoms with E-state index in [1.54, 1.807) is 30.3 Å². The van der Waals surface area contributed by atoms with E-state index in [1.807, 2.05) is 13.8 Å². The summed E-state index contributed by atoms with van der Waals surface area (Å²) in [6.07, 6.45) is 1.57. The molecule has 1 aromatic rings. The van der Waals surface area contributed by atoms with Gasteiger partial charge in [-0.25, -0.2) is 9.78 Å². The Bertz CT molecular complexity index is 334. The Morgan fingerprint density at radius 2 is 2.12 bits per heavy atom. The van der Waals surface area contributed by atoms with Crippen molar-refractivity contribution in [2.24, 2.45) is 0 Å². The maximum atomic E-state index is 11.7. The van der Waals surface area contributed by atoms with E-state index in [9.17, 15) is 4.79 Å². The lowest BCUT2D eigenvalue weighted by molar-refractivity contribution is 0.217. The second-order valence-corrected chi connectivity index (χ2v) is 3.19. The van der Waals surface area contributed by atoms with Crippen molar-refractivity contribution >= 4 is 11.7 Å². The van der Waals surface area contributed by atoms with Crippen LogP contribution in [0.2, 0.25) is 0 Å². The lowest BCUT2D eigenvalue weighted by Gasteiger charge is -2.19. The van der Waals surface area contributed by atoms with Crippen LogP contribution in [-0.2, 0) is 0 Å². The van der Waals surface area contributed by atoms with Gasteiger partial charge in [0.25, 0.3) is 0 Å². The number of aromatic nitrogens is 1. The van der Waals surface area contributed by atoms with Gasteiger partial charge in [0, 0.05) is 19.2 Å². The number of anilines is 1. The number of methoxy groups -OCH3 is 1. The van der Waals surface area contributed by atoms with Gasteiger partial charge in [-0.15, -0.1) is 0 Å². The van der Waals surface area contributed by atoms with E-state index in [0.29, 0.717) is 24.7 Å². The van der Waals surface area contributed by atoms with E-state index in [4.69, 9.17) is 4.74 Å². The highest BCUT2D eigenvalue weighted by atomic mass is 16.5. The third-order valence-electron chi connectivity index (χ3n) is 2.25. The predicted molar refractivity (Wildman–Crippen MR) is 62.7 cm³/mol. The highest BCUT2D eigenvalue weighted by molar-refractivity contribution is 5.89. The molecule has 1 rings (SSSR count). The first-order chi connectivity index (χ1) is 7.71. The van der Waals surface area contributed by atoms with E-state index in [1.165, 1.54) is 0 Å². The highest BCUT2D eigenvalue weighted by Crippen LogP contribution is 2.11. The van der Waals surface area contributed by atoms with Gasteiger partial charge in [0.05, 0.1) is 19.0 Å². The van der Waals surface area contributed by atoms with Gasteiger partial charge in [0.15, 0.2) is 0 Å². The number of nitrogens with one attached hydrogen (secondary N) is 1. The SMILES string of the molecule is CCN(CC)C(=O)Nc1ccc(OC)nc1. The second-order valence-electron chi connectivity index (χ2n) is 3.19. The van der Waals surface area contributed by atoms with Crippen LogP contribution >= 0.6 is 0 Å². The molecule has 5 nitrogen and oxygen atoms in total. The van der Waals surface area contributed by atoms with Gasteiger partial charge in [0.2, 0.25) is 5.88 Å². The molecule has 0 radical (unpaired) electrons. The Labute approximate surface area is 95.4 Å². The van der Waals surface area contributed by atoms with Gasteiger partial charge in [-0.05, 0) is 19.9 Å². The second kappa shape index (κ2) is 5.95. The molecule has 1 heterocycles. The smallest absolute Gasteiger partial charge is 0.321 e. The van der Waals surface area contributed by atoms with Crippen molar-refractivity contribution in [1.82, 2.24) is 9.88 Å². The van der Waals surface area contributed by atoms with E-state index in [0.717, 1.165) is 0 Å². The van der Waals surface area contributed by atoms with Gasteiger partial charge in [0.1, 0.15) is 0 Å². The largest absolute Gasteiger partial charge is 0.481 e. The van der Waals surface area contributed by atoms with Crippen molar-refractivity contribution < 1.29 is 9.53 Å². The molecular weight excluding hydrogens is 206 g/mol. The third-order valence-corrected chi connectivity index (χ3v) is 2.25. The van der Waals surface area contributed by atoms with Gasteiger partial charge in [-0.3, -0.25) is 0 Å². The zero-order valence-electron chi connectivity index (χ0n) is 9.86. The average molecular weight is 223 g/mol. The van der Waals surface area contributed by atoms with Crippen LogP contribution in [0.3, 0.4) is 0 Å². The van der Waals surface area contributed by atoms with Gasteiger partial charge in [-0.2, -0.15) is 0 Å². The molecule has 0 aliphatic heterocycles. The summed E-state index contributed by atoms with van der Waals surface area (Å²) in [4.78, 5) is 17.4. The first kappa shape index (κ1) is 12.3. The number of rotatable bonds is 4. The zero-order chi connectivity index (χ0) is 12.0. The summed E-state index contributed by atoms with van der Waals surface area (Å²) < 4.78 is 4.93. The Morgan fingerprint density at radius 1 is 1.44 bits per heavy atom. The number of urea groups is 1.